The van der Waals surface area contributed by atoms with Gasteiger partial charge in [0.15, 0.2) is 0 Å². The Morgan fingerprint density at radius 1 is 1.19 bits per heavy atom. The first-order chi connectivity index (χ1) is 9.82. The van der Waals surface area contributed by atoms with Crippen LogP contribution in [0.4, 0.5) is 13.2 Å². The fourth-order valence-electron chi connectivity index (χ4n) is 1.94. The number of nitrogens with zero attached hydrogens (tertiary/aromatic N) is 1. The van der Waals surface area contributed by atoms with Crippen LogP contribution in [0.5, 0.6) is 0 Å². The second-order valence-corrected chi connectivity index (χ2v) is 4.81. The van der Waals surface area contributed by atoms with Crippen LogP contribution < -0.4 is 5.56 Å². The molecule has 21 heavy (non-hydrogen) atoms. The summed E-state index contributed by atoms with van der Waals surface area (Å²) in [5.74, 6) is 0. The van der Waals surface area contributed by atoms with Gasteiger partial charge in [-0.05, 0) is 23.8 Å². The van der Waals surface area contributed by atoms with E-state index in [9.17, 15) is 18.0 Å². The lowest BCUT2D eigenvalue weighted by Crippen LogP contribution is -2.23. The Balaban J connectivity index is 2.71. The first kappa shape index (κ1) is 15.4. The summed E-state index contributed by atoms with van der Waals surface area (Å²) in [6.45, 7) is 3.63. The standard InChI is InChI=1S/C15H11ClF3NO/c1-2-7-20-13(10-3-5-12(16)6-4-10)8-11(9-14(20)21)15(17,18)19/h2-6,8-9H,1,7H2. The zero-order chi connectivity index (χ0) is 15.6. The minimum atomic E-state index is -4.58. The average molecular weight is 314 g/mol. The van der Waals surface area contributed by atoms with E-state index in [2.05, 4.69) is 6.58 Å². The molecule has 0 amide bonds. The third-order valence-corrected chi connectivity index (χ3v) is 3.16. The third kappa shape index (κ3) is 3.36. The van der Waals surface area contributed by atoms with Gasteiger partial charge in [-0.2, -0.15) is 13.2 Å². The highest BCUT2D eigenvalue weighted by atomic mass is 35.5. The number of rotatable bonds is 3. The zero-order valence-electron chi connectivity index (χ0n) is 10.8. The van der Waals surface area contributed by atoms with Crippen LogP contribution in [-0.4, -0.2) is 4.57 Å². The van der Waals surface area contributed by atoms with Gasteiger partial charge in [0.2, 0.25) is 0 Å². The quantitative estimate of drug-likeness (QED) is 0.771. The number of pyridine rings is 1. The van der Waals surface area contributed by atoms with Crippen LogP contribution in [-0.2, 0) is 12.7 Å². The lowest BCUT2D eigenvalue weighted by molar-refractivity contribution is -0.137. The Morgan fingerprint density at radius 2 is 1.81 bits per heavy atom. The fourth-order valence-corrected chi connectivity index (χ4v) is 2.06. The Labute approximate surface area is 124 Å². The molecule has 0 spiro atoms. The second kappa shape index (κ2) is 5.77. The van der Waals surface area contributed by atoms with E-state index >= 15 is 0 Å². The Morgan fingerprint density at radius 3 is 2.33 bits per heavy atom. The second-order valence-electron chi connectivity index (χ2n) is 4.37. The molecule has 0 radical (unpaired) electrons. The topological polar surface area (TPSA) is 22.0 Å². The van der Waals surface area contributed by atoms with Crippen LogP contribution in [0.2, 0.25) is 5.02 Å². The van der Waals surface area contributed by atoms with Gasteiger partial charge in [-0.1, -0.05) is 29.8 Å². The molecule has 0 atom stereocenters. The van der Waals surface area contributed by atoms with Crippen molar-refractivity contribution < 1.29 is 13.2 Å². The molecule has 0 aliphatic rings. The van der Waals surface area contributed by atoms with Crippen LogP contribution in [0.25, 0.3) is 11.3 Å². The Bertz CT molecular complexity index is 717. The highest BCUT2D eigenvalue weighted by Gasteiger charge is 2.32. The van der Waals surface area contributed by atoms with Crippen molar-refractivity contribution in [1.82, 2.24) is 4.57 Å². The van der Waals surface area contributed by atoms with Crippen molar-refractivity contribution in [2.24, 2.45) is 0 Å². The molecule has 2 nitrogen and oxygen atoms in total. The molecule has 0 bridgehead atoms. The average Bonchev–Trinajstić information content (AvgIpc) is 2.41. The van der Waals surface area contributed by atoms with Crippen molar-refractivity contribution in [2.75, 3.05) is 0 Å². The molecule has 0 fully saturated rings. The Hall–Kier alpha value is -2.01. The van der Waals surface area contributed by atoms with E-state index in [-0.39, 0.29) is 12.2 Å². The molecular formula is C15H11ClF3NO. The number of halogens is 4. The van der Waals surface area contributed by atoms with Crippen LogP contribution in [0.1, 0.15) is 5.56 Å². The first-order valence-electron chi connectivity index (χ1n) is 6.02. The van der Waals surface area contributed by atoms with Gasteiger partial charge >= 0.3 is 6.18 Å². The SMILES string of the molecule is C=CCn1c(-c2ccc(Cl)cc2)cc(C(F)(F)F)cc1=O. The summed E-state index contributed by atoms with van der Waals surface area (Å²) in [6.07, 6.45) is -3.12. The summed E-state index contributed by atoms with van der Waals surface area (Å²) in [5.41, 5.74) is -1.05. The molecule has 1 aromatic heterocycles. The smallest absolute Gasteiger partial charge is 0.304 e. The first-order valence-corrected chi connectivity index (χ1v) is 6.39. The molecule has 0 unspecified atom stereocenters. The molecule has 0 aliphatic carbocycles. The van der Waals surface area contributed by atoms with Gasteiger partial charge in [0.1, 0.15) is 0 Å². The van der Waals surface area contributed by atoms with Gasteiger partial charge in [0, 0.05) is 17.6 Å². The lowest BCUT2D eigenvalue weighted by Gasteiger charge is -2.15. The lowest BCUT2D eigenvalue weighted by atomic mass is 10.1. The molecule has 0 aliphatic heterocycles. The monoisotopic (exact) mass is 313 g/mol. The molecule has 1 aromatic carbocycles. The number of benzene rings is 1. The van der Waals surface area contributed by atoms with E-state index in [0.29, 0.717) is 16.7 Å². The van der Waals surface area contributed by atoms with Crippen LogP contribution in [0.15, 0.2) is 53.8 Å². The van der Waals surface area contributed by atoms with E-state index in [1.165, 1.54) is 10.6 Å². The van der Waals surface area contributed by atoms with Gasteiger partial charge in [-0.25, -0.2) is 0 Å². The van der Waals surface area contributed by atoms with Crippen LogP contribution in [0.3, 0.4) is 0 Å². The predicted octanol–water partition coefficient (Wildman–Crippen LogP) is 4.37. The number of hydrogen-bond donors (Lipinski definition) is 0. The van der Waals surface area contributed by atoms with Crippen molar-refractivity contribution in [2.45, 2.75) is 12.7 Å². The minimum Gasteiger partial charge on any atom is -0.304 e. The van der Waals surface area contributed by atoms with Crippen LogP contribution >= 0.6 is 11.6 Å². The van der Waals surface area contributed by atoms with E-state index in [1.807, 2.05) is 0 Å². The molecule has 2 rings (SSSR count). The van der Waals surface area contributed by atoms with Gasteiger partial charge < -0.3 is 4.57 Å². The highest BCUT2D eigenvalue weighted by molar-refractivity contribution is 6.30. The van der Waals surface area contributed by atoms with E-state index < -0.39 is 17.3 Å². The number of aromatic nitrogens is 1. The van der Waals surface area contributed by atoms with Crippen molar-refractivity contribution >= 4 is 11.6 Å². The van der Waals surface area contributed by atoms with Crippen LogP contribution in [0, 0.1) is 0 Å². The molecular weight excluding hydrogens is 303 g/mol. The van der Waals surface area contributed by atoms with Gasteiger partial charge in [-0.3, -0.25) is 4.79 Å². The maximum absolute atomic E-state index is 12.9. The summed E-state index contributed by atoms with van der Waals surface area (Å²) in [5, 5.41) is 0.461. The molecule has 110 valence electrons. The summed E-state index contributed by atoms with van der Waals surface area (Å²) in [7, 11) is 0. The maximum Gasteiger partial charge on any atom is 0.416 e. The minimum absolute atomic E-state index is 0.120. The zero-order valence-corrected chi connectivity index (χ0v) is 11.6. The van der Waals surface area contributed by atoms with Gasteiger partial charge in [0.25, 0.3) is 5.56 Å². The summed E-state index contributed by atoms with van der Waals surface area (Å²) in [6, 6.07) is 7.78. The molecule has 0 saturated carbocycles. The number of hydrogen-bond acceptors (Lipinski definition) is 1. The third-order valence-electron chi connectivity index (χ3n) is 2.91. The predicted molar refractivity (Wildman–Crippen MR) is 76.3 cm³/mol. The largest absolute Gasteiger partial charge is 0.416 e. The fraction of sp³-hybridized carbons (Fsp3) is 0.133. The van der Waals surface area contributed by atoms with Crippen molar-refractivity contribution in [3.63, 3.8) is 0 Å². The number of allylic oxidation sites excluding steroid dienone is 1. The maximum atomic E-state index is 12.9. The molecule has 2 aromatic rings. The van der Waals surface area contributed by atoms with E-state index in [1.54, 1.807) is 24.3 Å². The molecule has 6 heteroatoms. The molecule has 0 N–H and O–H groups in total. The van der Waals surface area contributed by atoms with E-state index in [4.69, 9.17) is 11.6 Å². The normalized spacial score (nSPS) is 11.4. The molecule has 0 saturated heterocycles. The van der Waals surface area contributed by atoms with Crippen molar-refractivity contribution in [3.05, 3.63) is 70.0 Å². The number of alkyl halides is 3. The van der Waals surface area contributed by atoms with Crippen molar-refractivity contribution in [3.8, 4) is 11.3 Å². The summed E-state index contributed by atoms with van der Waals surface area (Å²) in [4.78, 5) is 11.9. The van der Waals surface area contributed by atoms with Crippen molar-refractivity contribution in [1.29, 1.82) is 0 Å². The summed E-state index contributed by atoms with van der Waals surface area (Å²) >= 11 is 5.77. The van der Waals surface area contributed by atoms with Gasteiger partial charge in [0.05, 0.1) is 11.3 Å². The Kier molecular flexibility index (Phi) is 4.23. The van der Waals surface area contributed by atoms with E-state index in [0.717, 1.165) is 6.07 Å². The van der Waals surface area contributed by atoms with Gasteiger partial charge in [-0.15, -0.1) is 6.58 Å². The molecule has 1 heterocycles. The highest BCUT2D eigenvalue weighted by Crippen LogP contribution is 2.31. The summed E-state index contributed by atoms with van der Waals surface area (Å²) < 4.78 is 39.8.